The van der Waals surface area contributed by atoms with Crippen molar-refractivity contribution < 1.29 is 61.9 Å². The molecule has 0 aliphatic carbocycles. The van der Waals surface area contributed by atoms with E-state index in [1.165, 1.54) is 12.2 Å². The van der Waals surface area contributed by atoms with Gasteiger partial charge < -0.3 is 5.32 Å². The summed E-state index contributed by atoms with van der Waals surface area (Å²) in [6.07, 6.45) is -15.1. The number of anilines is 1. The first-order valence-electron chi connectivity index (χ1n) is 9.20. The molecule has 2 aromatic rings. The molecular formula is C20H14F13NO. The van der Waals surface area contributed by atoms with E-state index in [2.05, 4.69) is 0 Å². The fourth-order valence-corrected chi connectivity index (χ4v) is 2.53. The van der Waals surface area contributed by atoms with Gasteiger partial charge in [-0.3, -0.25) is 4.79 Å². The predicted molar refractivity (Wildman–Crippen MR) is 96.0 cm³/mol. The van der Waals surface area contributed by atoms with Crippen LogP contribution in [0.15, 0.2) is 18.2 Å². The highest BCUT2D eigenvalue weighted by molar-refractivity contribution is 5.91. The standard InChI is InChI=1S/C11H8F7NO.C9H6F6/c1-2-3-4(20)19-10-8(14)6(12)5(11(16,17)18)7(13)9(10)15;1-5-2-6(8(10,11)12)4-7(3-5)9(13,14)15/h2-3H2,1H3,(H,19,20);2-4H,1H3. The number of rotatable bonds is 3. The number of hydrogen-bond donors (Lipinski definition) is 1. The number of amides is 1. The number of benzene rings is 2. The van der Waals surface area contributed by atoms with Crippen LogP contribution in [0.5, 0.6) is 0 Å². The lowest BCUT2D eigenvalue weighted by molar-refractivity contribution is -0.144. The lowest BCUT2D eigenvalue weighted by Crippen LogP contribution is -2.20. The topological polar surface area (TPSA) is 29.1 Å². The van der Waals surface area contributed by atoms with Gasteiger partial charge in [0.2, 0.25) is 5.91 Å². The smallest absolute Gasteiger partial charge is 0.321 e. The van der Waals surface area contributed by atoms with E-state index in [0.29, 0.717) is 12.1 Å². The summed E-state index contributed by atoms with van der Waals surface area (Å²) in [6.45, 7) is 2.73. The van der Waals surface area contributed by atoms with Crippen LogP contribution in [0.2, 0.25) is 0 Å². The Kier molecular flexibility index (Phi) is 9.20. The van der Waals surface area contributed by atoms with Gasteiger partial charge in [-0.15, -0.1) is 0 Å². The quantitative estimate of drug-likeness (QED) is 0.315. The predicted octanol–water partition coefficient (Wildman–Crippen LogP) is 8.03. The molecule has 0 bridgehead atoms. The first-order valence-corrected chi connectivity index (χ1v) is 9.20. The molecule has 0 aliphatic heterocycles. The third-order valence-corrected chi connectivity index (χ3v) is 4.02. The maximum atomic E-state index is 13.3. The molecule has 1 N–H and O–H groups in total. The zero-order valence-electron chi connectivity index (χ0n) is 17.5. The van der Waals surface area contributed by atoms with E-state index in [1.807, 2.05) is 0 Å². The van der Waals surface area contributed by atoms with Crippen molar-refractivity contribution in [1.82, 2.24) is 0 Å². The highest BCUT2D eigenvalue weighted by Crippen LogP contribution is 2.39. The molecule has 0 heterocycles. The summed E-state index contributed by atoms with van der Waals surface area (Å²) >= 11 is 0. The van der Waals surface area contributed by atoms with Crippen LogP contribution in [0.1, 0.15) is 42.0 Å². The second-order valence-corrected chi connectivity index (χ2v) is 6.89. The van der Waals surface area contributed by atoms with Crippen LogP contribution in [0, 0.1) is 30.2 Å². The summed E-state index contributed by atoms with van der Waals surface area (Å²) in [5.74, 6) is -10.8. The average Bonchev–Trinajstić information content (AvgIpc) is 2.68. The molecule has 15 heteroatoms. The zero-order chi connectivity index (χ0) is 27.5. The van der Waals surface area contributed by atoms with Gasteiger partial charge >= 0.3 is 18.5 Å². The van der Waals surface area contributed by atoms with Crippen molar-refractivity contribution in [3.8, 4) is 0 Å². The van der Waals surface area contributed by atoms with Gasteiger partial charge in [-0.25, -0.2) is 17.6 Å². The number of hydrogen-bond acceptors (Lipinski definition) is 1. The molecule has 0 aromatic heterocycles. The Morgan fingerprint density at radius 3 is 1.43 bits per heavy atom. The zero-order valence-corrected chi connectivity index (χ0v) is 17.5. The second kappa shape index (κ2) is 10.7. The monoisotopic (exact) mass is 531 g/mol. The molecule has 1 amide bonds. The van der Waals surface area contributed by atoms with Crippen molar-refractivity contribution in [3.63, 3.8) is 0 Å². The number of aryl methyl sites for hydroxylation is 1. The van der Waals surface area contributed by atoms with Gasteiger partial charge in [0, 0.05) is 6.42 Å². The lowest BCUT2D eigenvalue weighted by atomic mass is 10.1. The molecular weight excluding hydrogens is 517 g/mol. The number of carbonyl (C=O) groups excluding carboxylic acids is 1. The molecule has 0 saturated heterocycles. The molecule has 2 nitrogen and oxygen atoms in total. The Morgan fingerprint density at radius 2 is 1.11 bits per heavy atom. The van der Waals surface area contributed by atoms with Crippen molar-refractivity contribution in [2.45, 2.75) is 45.2 Å². The van der Waals surface area contributed by atoms with Crippen LogP contribution in [0.3, 0.4) is 0 Å². The molecule has 0 atom stereocenters. The van der Waals surface area contributed by atoms with Crippen molar-refractivity contribution in [1.29, 1.82) is 0 Å². The number of carbonyl (C=O) groups is 1. The van der Waals surface area contributed by atoms with E-state index in [1.54, 1.807) is 6.92 Å². The molecule has 0 radical (unpaired) electrons. The summed E-state index contributed by atoms with van der Waals surface area (Å²) in [4.78, 5) is 11.1. The van der Waals surface area contributed by atoms with Crippen LogP contribution in [-0.4, -0.2) is 5.91 Å². The van der Waals surface area contributed by atoms with Gasteiger partial charge in [-0.1, -0.05) is 6.92 Å². The Bertz CT molecular complexity index is 1010. The van der Waals surface area contributed by atoms with Crippen LogP contribution >= 0.6 is 0 Å². The van der Waals surface area contributed by atoms with Crippen molar-refractivity contribution >= 4 is 11.6 Å². The fraction of sp³-hybridized carbons (Fsp3) is 0.350. The highest BCUT2D eigenvalue weighted by atomic mass is 19.4. The van der Waals surface area contributed by atoms with Gasteiger partial charge in [-0.05, 0) is 37.1 Å². The summed E-state index contributed by atoms with van der Waals surface area (Å²) in [5.41, 5.74) is -6.89. The summed E-state index contributed by atoms with van der Waals surface area (Å²) in [7, 11) is 0. The average molecular weight is 531 g/mol. The van der Waals surface area contributed by atoms with Crippen molar-refractivity contribution in [2.24, 2.45) is 0 Å². The molecule has 0 fully saturated rings. The Labute approximate surface area is 188 Å². The minimum absolute atomic E-state index is 0.0721. The number of nitrogens with one attached hydrogen (secondary N) is 1. The van der Waals surface area contributed by atoms with Gasteiger partial charge in [0.25, 0.3) is 0 Å². The lowest BCUT2D eigenvalue weighted by Gasteiger charge is -2.14. The first-order chi connectivity index (χ1) is 15.7. The summed E-state index contributed by atoms with van der Waals surface area (Å²) < 4.78 is 163. The maximum absolute atomic E-state index is 13.3. The Morgan fingerprint density at radius 1 is 0.714 bits per heavy atom. The van der Waals surface area contributed by atoms with Crippen LogP contribution < -0.4 is 5.32 Å². The number of halogens is 13. The molecule has 196 valence electrons. The highest BCUT2D eigenvalue weighted by Gasteiger charge is 2.42. The van der Waals surface area contributed by atoms with Crippen LogP contribution in [-0.2, 0) is 23.3 Å². The maximum Gasteiger partial charge on any atom is 0.422 e. The molecule has 0 unspecified atom stereocenters. The fourth-order valence-electron chi connectivity index (χ4n) is 2.53. The van der Waals surface area contributed by atoms with Crippen molar-refractivity contribution in [2.75, 3.05) is 5.32 Å². The van der Waals surface area contributed by atoms with Gasteiger partial charge in [0.1, 0.15) is 11.3 Å². The Hall–Kier alpha value is -3.00. The van der Waals surface area contributed by atoms with Gasteiger partial charge in [0.15, 0.2) is 23.3 Å². The molecule has 0 aliphatic rings. The van der Waals surface area contributed by atoms with E-state index in [9.17, 15) is 61.9 Å². The van der Waals surface area contributed by atoms with Crippen LogP contribution in [0.25, 0.3) is 0 Å². The van der Waals surface area contributed by atoms with E-state index in [4.69, 9.17) is 0 Å². The van der Waals surface area contributed by atoms with Gasteiger partial charge in [0.05, 0.1) is 11.1 Å². The van der Waals surface area contributed by atoms with E-state index in [-0.39, 0.29) is 24.5 Å². The first kappa shape index (κ1) is 30.0. The normalized spacial score (nSPS) is 12.2. The molecule has 0 saturated carbocycles. The third kappa shape index (κ3) is 7.75. The van der Waals surface area contributed by atoms with E-state index >= 15 is 0 Å². The van der Waals surface area contributed by atoms with E-state index < -0.39 is 70.1 Å². The molecule has 35 heavy (non-hydrogen) atoms. The van der Waals surface area contributed by atoms with Crippen LogP contribution in [0.4, 0.5) is 62.8 Å². The SMILES string of the molecule is CCCC(=O)Nc1c(F)c(F)c(C(F)(F)F)c(F)c1F.Cc1cc(C(F)(F)F)cc(C(F)(F)F)c1. The molecule has 2 rings (SSSR count). The van der Waals surface area contributed by atoms with Crippen molar-refractivity contribution in [3.05, 3.63) is 63.7 Å². The minimum atomic E-state index is -5.61. The largest absolute Gasteiger partial charge is 0.422 e. The molecule has 0 spiro atoms. The van der Waals surface area contributed by atoms with Gasteiger partial charge in [-0.2, -0.15) is 39.5 Å². The summed E-state index contributed by atoms with van der Waals surface area (Å²) in [6, 6.07) is 1.46. The molecule has 2 aromatic carbocycles. The number of alkyl halides is 9. The summed E-state index contributed by atoms with van der Waals surface area (Å²) in [5, 5.41) is 1.50. The third-order valence-electron chi connectivity index (χ3n) is 4.02. The second-order valence-electron chi connectivity index (χ2n) is 6.89. The minimum Gasteiger partial charge on any atom is -0.321 e. The Balaban J connectivity index is 0.000000365. The van der Waals surface area contributed by atoms with E-state index in [0.717, 1.165) is 0 Å².